The number of benzene rings is 2. The fourth-order valence-corrected chi connectivity index (χ4v) is 2.86. The highest BCUT2D eigenvalue weighted by Crippen LogP contribution is 2.30. The Balaban J connectivity index is 1.88. The summed E-state index contributed by atoms with van der Waals surface area (Å²) in [6.45, 7) is 3.92. The molecule has 1 atom stereocenters. The number of carbonyl (C=O) groups is 2. The van der Waals surface area contributed by atoms with Crippen LogP contribution in [0.15, 0.2) is 54.7 Å². The molecule has 0 bridgehead atoms. The van der Waals surface area contributed by atoms with Gasteiger partial charge in [0.25, 0.3) is 0 Å². The van der Waals surface area contributed by atoms with Crippen molar-refractivity contribution in [3.63, 3.8) is 0 Å². The van der Waals surface area contributed by atoms with E-state index in [4.69, 9.17) is 0 Å². The molecule has 2 amide bonds. The average molecular weight is 338 g/mol. The Labute approximate surface area is 146 Å². The molecule has 0 aliphatic carbocycles. The molecule has 2 aromatic carbocycles. The number of ketones is 1. The minimum atomic E-state index is -0.455. The van der Waals surface area contributed by atoms with Gasteiger partial charge < -0.3 is 5.32 Å². The SMILES string of the molecule is Cc1cccc(NC(=O)N2C=CC(=O)CC2c2ccc(F)cc2)c1C. The van der Waals surface area contributed by atoms with Gasteiger partial charge in [-0.15, -0.1) is 0 Å². The van der Waals surface area contributed by atoms with E-state index in [9.17, 15) is 14.0 Å². The molecular formula is C20H19FN2O2. The number of halogens is 1. The molecule has 5 heteroatoms. The molecule has 1 aliphatic heterocycles. The number of aryl methyl sites for hydroxylation is 1. The first-order valence-electron chi connectivity index (χ1n) is 8.08. The summed E-state index contributed by atoms with van der Waals surface area (Å²) in [4.78, 5) is 26.1. The third-order valence-corrected chi connectivity index (χ3v) is 4.49. The van der Waals surface area contributed by atoms with E-state index in [-0.39, 0.29) is 24.1 Å². The summed E-state index contributed by atoms with van der Waals surface area (Å²) >= 11 is 0. The van der Waals surface area contributed by atoms with Crippen molar-refractivity contribution in [1.82, 2.24) is 4.90 Å². The van der Waals surface area contributed by atoms with Crippen molar-refractivity contribution >= 4 is 17.5 Å². The van der Waals surface area contributed by atoms with E-state index in [0.29, 0.717) is 0 Å². The molecule has 2 aromatic rings. The quantitative estimate of drug-likeness (QED) is 0.876. The lowest BCUT2D eigenvalue weighted by atomic mass is 9.97. The zero-order valence-corrected chi connectivity index (χ0v) is 14.1. The highest BCUT2D eigenvalue weighted by atomic mass is 19.1. The summed E-state index contributed by atoms with van der Waals surface area (Å²) in [5.41, 5.74) is 3.52. The van der Waals surface area contributed by atoms with Crippen LogP contribution in [0.25, 0.3) is 0 Å². The molecule has 4 nitrogen and oxygen atoms in total. The highest BCUT2D eigenvalue weighted by Gasteiger charge is 2.29. The number of hydrogen-bond acceptors (Lipinski definition) is 2. The van der Waals surface area contributed by atoms with Gasteiger partial charge in [0.05, 0.1) is 6.04 Å². The molecule has 0 saturated heterocycles. The van der Waals surface area contributed by atoms with Crippen molar-refractivity contribution in [1.29, 1.82) is 0 Å². The lowest BCUT2D eigenvalue weighted by molar-refractivity contribution is -0.116. The molecule has 128 valence electrons. The van der Waals surface area contributed by atoms with Gasteiger partial charge in [-0.1, -0.05) is 24.3 Å². The van der Waals surface area contributed by atoms with Crippen molar-refractivity contribution in [2.24, 2.45) is 0 Å². The van der Waals surface area contributed by atoms with Crippen molar-refractivity contribution in [2.75, 3.05) is 5.32 Å². The molecule has 1 heterocycles. The minimum absolute atomic E-state index is 0.0647. The van der Waals surface area contributed by atoms with E-state index >= 15 is 0 Å². The normalized spacial score (nSPS) is 16.8. The van der Waals surface area contributed by atoms with Crippen molar-refractivity contribution in [2.45, 2.75) is 26.3 Å². The van der Waals surface area contributed by atoms with Crippen LogP contribution in [0.5, 0.6) is 0 Å². The van der Waals surface area contributed by atoms with Gasteiger partial charge in [0.1, 0.15) is 5.82 Å². The van der Waals surface area contributed by atoms with Gasteiger partial charge in [0.15, 0.2) is 5.78 Å². The molecule has 0 fully saturated rings. The number of allylic oxidation sites excluding steroid dienone is 1. The maximum absolute atomic E-state index is 13.2. The Morgan fingerprint density at radius 3 is 2.60 bits per heavy atom. The fraction of sp³-hybridized carbons (Fsp3) is 0.200. The highest BCUT2D eigenvalue weighted by molar-refractivity contribution is 5.96. The third-order valence-electron chi connectivity index (χ3n) is 4.49. The molecular weight excluding hydrogens is 319 g/mol. The zero-order valence-electron chi connectivity index (χ0n) is 14.1. The number of hydrogen-bond donors (Lipinski definition) is 1. The number of nitrogens with one attached hydrogen (secondary N) is 1. The van der Waals surface area contributed by atoms with Gasteiger partial charge in [-0.25, -0.2) is 9.18 Å². The summed E-state index contributed by atoms with van der Waals surface area (Å²) in [6, 6.07) is 10.8. The Bertz CT molecular complexity index is 843. The minimum Gasteiger partial charge on any atom is -0.307 e. The van der Waals surface area contributed by atoms with E-state index in [2.05, 4.69) is 5.32 Å². The van der Waals surface area contributed by atoms with Crippen LogP contribution in [-0.2, 0) is 4.79 Å². The molecule has 0 spiro atoms. The van der Waals surface area contributed by atoms with Gasteiger partial charge >= 0.3 is 6.03 Å². The Morgan fingerprint density at radius 2 is 1.88 bits per heavy atom. The lowest BCUT2D eigenvalue weighted by Crippen LogP contribution is -2.37. The van der Waals surface area contributed by atoms with Crippen LogP contribution in [0.4, 0.5) is 14.9 Å². The van der Waals surface area contributed by atoms with Crippen LogP contribution in [0.1, 0.15) is 29.2 Å². The number of carbonyl (C=O) groups excluding carboxylic acids is 2. The van der Waals surface area contributed by atoms with Gasteiger partial charge in [-0.3, -0.25) is 9.69 Å². The van der Waals surface area contributed by atoms with E-state index in [1.807, 2.05) is 32.0 Å². The van der Waals surface area contributed by atoms with Crippen LogP contribution >= 0.6 is 0 Å². The van der Waals surface area contributed by atoms with Crippen molar-refractivity contribution < 1.29 is 14.0 Å². The van der Waals surface area contributed by atoms with Gasteiger partial charge in [-0.05, 0) is 54.8 Å². The number of anilines is 1. The monoisotopic (exact) mass is 338 g/mol. The Hall–Kier alpha value is -2.95. The molecule has 25 heavy (non-hydrogen) atoms. The number of rotatable bonds is 2. The predicted molar refractivity (Wildman–Crippen MR) is 94.7 cm³/mol. The van der Waals surface area contributed by atoms with Crippen LogP contribution in [0.3, 0.4) is 0 Å². The largest absolute Gasteiger partial charge is 0.326 e. The van der Waals surface area contributed by atoms with E-state index in [1.54, 1.807) is 12.1 Å². The Kier molecular flexibility index (Phi) is 4.65. The second-order valence-electron chi connectivity index (χ2n) is 6.14. The molecule has 1 N–H and O–H groups in total. The number of amides is 2. The van der Waals surface area contributed by atoms with E-state index < -0.39 is 6.04 Å². The van der Waals surface area contributed by atoms with Gasteiger partial charge in [-0.2, -0.15) is 0 Å². The molecule has 0 saturated carbocycles. The second-order valence-corrected chi connectivity index (χ2v) is 6.14. The summed E-state index contributed by atoms with van der Waals surface area (Å²) in [7, 11) is 0. The van der Waals surface area contributed by atoms with Crippen LogP contribution in [0, 0.1) is 19.7 Å². The van der Waals surface area contributed by atoms with Crippen molar-refractivity contribution in [3.05, 3.63) is 77.2 Å². The predicted octanol–water partition coefficient (Wildman–Crippen LogP) is 4.50. The van der Waals surface area contributed by atoms with Crippen LogP contribution in [-0.4, -0.2) is 16.7 Å². The molecule has 0 aromatic heterocycles. The second kappa shape index (κ2) is 6.89. The van der Waals surface area contributed by atoms with E-state index in [0.717, 1.165) is 22.4 Å². The standard InChI is InChI=1S/C20H19FN2O2/c1-13-4-3-5-18(14(13)2)22-20(25)23-11-10-17(24)12-19(23)15-6-8-16(21)9-7-15/h3-11,19H,12H2,1-2H3,(H,22,25). The maximum Gasteiger partial charge on any atom is 0.326 e. The first kappa shape index (κ1) is 16.9. The lowest BCUT2D eigenvalue weighted by Gasteiger charge is -2.31. The average Bonchev–Trinajstić information content (AvgIpc) is 2.59. The van der Waals surface area contributed by atoms with E-state index in [1.165, 1.54) is 29.3 Å². The smallest absolute Gasteiger partial charge is 0.307 e. The summed E-state index contributed by atoms with van der Waals surface area (Å²) in [6.07, 6.45) is 3.05. The summed E-state index contributed by atoms with van der Waals surface area (Å²) in [5.74, 6) is -0.419. The number of urea groups is 1. The molecule has 3 rings (SSSR count). The van der Waals surface area contributed by atoms with Crippen molar-refractivity contribution in [3.8, 4) is 0 Å². The first-order chi connectivity index (χ1) is 12.0. The Morgan fingerprint density at radius 1 is 1.16 bits per heavy atom. The summed E-state index contributed by atoms with van der Waals surface area (Å²) < 4.78 is 13.2. The first-order valence-corrected chi connectivity index (χ1v) is 8.08. The fourth-order valence-electron chi connectivity index (χ4n) is 2.86. The molecule has 1 aliphatic rings. The molecule has 1 unspecified atom stereocenters. The maximum atomic E-state index is 13.2. The summed E-state index contributed by atoms with van der Waals surface area (Å²) in [5, 5.41) is 2.90. The van der Waals surface area contributed by atoms with Gasteiger partial charge in [0.2, 0.25) is 0 Å². The molecule has 0 radical (unpaired) electrons. The number of nitrogens with zero attached hydrogens (tertiary/aromatic N) is 1. The third kappa shape index (κ3) is 3.60. The zero-order chi connectivity index (χ0) is 18.0. The van der Waals surface area contributed by atoms with Crippen LogP contribution < -0.4 is 5.32 Å². The topological polar surface area (TPSA) is 49.4 Å². The van der Waals surface area contributed by atoms with Gasteiger partial charge in [0, 0.05) is 18.3 Å². The van der Waals surface area contributed by atoms with Crippen LogP contribution in [0.2, 0.25) is 0 Å².